The Morgan fingerprint density at radius 3 is 2.00 bits per heavy atom. The van der Waals surface area contributed by atoms with Crippen LogP contribution in [0.4, 0.5) is 0 Å². The first-order valence-corrected chi connectivity index (χ1v) is 10.3. The molecule has 2 aromatic rings. The minimum Gasteiger partial charge on any atom is -0.328 e. The summed E-state index contributed by atoms with van der Waals surface area (Å²) in [7, 11) is 1.83. The first-order valence-electron chi connectivity index (χ1n) is 8.88. The lowest BCUT2D eigenvalue weighted by molar-refractivity contribution is 0.527. The molecule has 4 heteroatoms. The average Bonchev–Trinajstić information content (AvgIpc) is 2.57. The Labute approximate surface area is 170 Å². The van der Waals surface area contributed by atoms with Gasteiger partial charge < -0.3 is 5.73 Å². The molecule has 0 aromatic heterocycles. The van der Waals surface area contributed by atoms with Crippen molar-refractivity contribution in [1.82, 2.24) is 2.95 Å². The van der Waals surface area contributed by atoms with E-state index in [2.05, 4.69) is 93.8 Å². The van der Waals surface area contributed by atoms with Gasteiger partial charge in [0.2, 0.25) is 0 Å². The Bertz CT molecular complexity index is 570. The molecule has 1 atom stereocenters. The van der Waals surface area contributed by atoms with Crippen molar-refractivity contribution in [3.8, 4) is 0 Å². The zero-order valence-electron chi connectivity index (χ0n) is 15.3. The standard InChI is InChI=1S/C20H27N.CH3Br2N/c1-17-9-5-6-13-19(17)14-8-16-20(21)15-7-12-18-10-3-2-4-11-18;1-4(2)3/h2-6,9-11,13,20H,7-8,12,14-16,21H2,1H3;1H3. The molecule has 1 unspecified atom stereocenters. The van der Waals surface area contributed by atoms with Gasteiger partial charge in [-0.25, -0.2) is 0 Å². The fraction of sp³-hybridized carbons (Fsp3) is 0.429. The molecule has 2 N–H and O–H groups in total. The summed E-state index contributed by atoms with van der Waals surface area (Å²) < 4.78 is 1.62. The highest BCUT2D eigenvalue weighted by Crippen LogP contribution is 2.13. The van der Waals surface area contributed by atoms with E-state index >= 15 is 0 Å². The smallest absolute Gasteiger partial charge is 0.0236 e. The molecule has 0 aliphatic carbocycles. The predicted molar refractivity (Wildman–Crippen MR) is 117 cm³/mol. The van der Waals surface area contributed by atoms with Crippen LogP contribution >= 0.6 is 32.3 Å². The van der Waals surface area contributed by atoms with Gasteiger partial charge in [-0.2, -0.15) is 2.95 Å². The van der Waals surface area contributed by atoms with E-state index in [1.807, 2.05) is 7.05 Å². The van der Waals surface area contributed by atoms with Crippen molar-refractivity contribution in [3.63, 3.8) is 0 Å². The monoisotopic (exact) mass is 468 g/mol. The molecule has 25 heavy (non-hydrogen) atoms. The van der Waals surface area contributed by atoms with Crippen LogP contribution in [0.3, 0.4) is 0 Å². The summed E-state index contributed by atoms with van der Waals surface area (Å²) in [5, 5.41) is 0. The van der Waals surface area contributed by atoms with E-state index in [-0.39, 0.29) is 0 Å². The molecule has 0 aliphatic rings. The number of hydrogen-bond donors (Lipinski definition) is 1. The molecule has 0 spiro atoms. The zero-order chi connectivity index (χ0) is 18.5. The van der Waals surface area contributed by atoms with Crippen LogP contribution in [0, 0.1) is 6.92 Å². The van der Waals surface area contributed by atoms with E-state index in [0.29, 0.717) is 6.04 Å². The van der Waals surface area contributed by atoms with Crippen LogP contribution in [0.5, 0.6) is 0 Å². The maximum absolute atomic E-state index is 6.24. The van der Waals surface area contributed by atoms with Crippen LogP contribution in [-0.4, -0.2) is 16.0 Å². The Balaban J connectivity index is 0.000000705. The quantitative estimate of drug-likeness (QED) is 0.466. The molecule has 0 saturated carbocycles. The molecule has 0 fully saturated rings. The fourth-order valence-corrected chi connectivity index (χ4v) is 2.80. The van der Waals surface area contributed by atoms with Gasteiger partial charge in [0.25, 0.3) is 0 Å². The number of nitrogens with two attached hydrogens (primary N) is 1. The maximum Gasteiger partial charge on any atom is 0.0236 e. The van der Waals surface area contributed by atoms with Crippen LogP contribution in [-0.2, 0) is 12.8 Å². The van der Waals surface area contributed by atoms with E-state index in [9.17, 15) is 0 Å². The normalized spacial score (nSPS) is 11.8. The molecule has 0 aliphatic heterocycles. The lowest BCUT2D eigenvalue weighted by Gasteiger charge is -2.12. The highest BCUT2D eigenvalue weighted by atomic mass is 79.9. The van der Waals surface area contributed by atoms with Gasteiger partial charge in [-0.15, -0.1) is 0 Å². The minimum absolute atomic E-state index is 0.345. The summed E-state index contributed by atoms with van der Waals surface area (Å²) in [4.78, 5) is 0. The van der Waals surface area contributed by atoms with Gasteiger partial charge >= 0.3 is 0 Å². The molecule has 0 heterocycles. The van der Waals surface area contributed by atoms with Crippen LogP contribution in [0.1, 0.15) is 42.4 Å². The average molecular weight is 470 g/mol. The Kier molecular flexibility index (Phi) is 12.1. The van der Waals surface area contributed by atoms with E-state index in [1.165, 1.54) is 29.5 Å². The number of rotatable bonds is 8. The summed E-state index contributed by atoms with van der Waals surface area (Å²) in [5.41, 5.74) is 10.5. The third-order valence-corrected chi connectivity index (χ3v) is 4.17. The molecule has 0 bridgehead atoms. The van der Waals surface area contributed by atoms with Crippen molar-refractivity contribution < 1.29 is 0 Å². The lowest BCUT2D eigenvalue weighted by Crippen LogP contribution is -2.20. The molecule has 0 amide bonds. The predicted octanol–water partition coefficient (Wildman–Crippen LogP) is 6.21. The van der Waals surface area contributed by atoms with Crippen molar-refractivity contribution in [3.05, 3.63) is 71.3 Å². The number of hydrogen-bond acceptors (Lipinski definition) is 2. The van der Waals surface area contributed by atoms with E-state index in [1.54, 1.807) is 2.95 Å². The van der Waals surface area contributed by atoms with Gasteiger partial charge in [-0.3, -0.25) is 0 Å². The molecule has 0 saturated heterocycles. The van der Waals surface area contributed by atoms with Crippen LogP contribution in [0.2, 0.25) is 0 Å². The van der Waals surface area contributed by atoms with Crippen molar-refractivity contribution >= 4 is 32.3 Å². The number of halogens is 2. The van der Waals surface area contributed by atoms with Crippen molar-refractivity contribution in [1.29, 1.82) is 0 Å². The van der Waals surface area contributed by atoms with Gasteiger partial charge in [0, 0.05) is 45.4 Å². The Hall–Kier alpha value is -0.680. The number of nitrogens with zero attached hydrogens (tertiary/aromatic N) is 1. The topological polar surface area (TPSA) is 29.3 Å². The summed E-state index contributed by atoms with van der Waals surface area (Å²) in [6.45, 7) is 2.19. The maximum atomic E-state index is 6.24. The third kappa shape index (κ3) is 11.5. The minimum atomic E-state index is 0.345. The molecule has 0 radical (unpaired) electrons. The summed E-state index contributed by atoms with van der Waals surface area (Å²) in [6, 6.07) is 19.7. The Morgan fingerprint density at radius 1 is 0.880 bits per heavy atom. The lowest BCUT2D eigenvalue weighted by atomic mass is 9.98. The van der Waals surface area contributed by atoms with E-state index in [4.69, 9.17) is 5.73 Å². The van der Waals surface area contributed by atoms with Crippen LogP contribution < -0.4 is 5.73 Å². The van der Waals surface area contributed by atoms with Gasteiger partial charge in [0.05, 0.1) is 0 Å². The number of aryl methyl sites for hydroxylation is 3. The number of benzene rings is 2. The first kappa shape index (κ1) is 22.4. The van der Waals surface area contributed by atoms with Gasteiger partial charge in [0.15, 0.2) is 0 Å². The first-order chi connectivity index (χ1) is 12.0. The third-order valence-electron chi connectivity index (χ3n) is 4.17. The SMILES string of the molecule is CN(Br)Br.Cc1ccccc1CCCC(N)CCCc1ccccc1. The second-order valence-electron chi connectivity index (χ2n) is 6.36. The Morgan fingerprint density at radius 2 is 1.40 bits per heavy atom. The van der Waals surface area contributed by atoms with Crippen molar-refractivity contribution in [2.75, 3.05) is 7.05 Å². The van der Waals surface area contributed by atoms with Gasteiger partial charge in [-0.1, -0.05) is 54.6 Å². The summed E-state index contributed by atoms with van der Waals surface area (Å²) in [5.74, 6) is 0. The van der Waals surface area contributed by atoms with E-state index in [0.717, 1.165) is 25.7 Å². The summed E-state index contributed by atoms with van der Waals surface area (Å²) >= 11 is 6.04. The largest absolute Gasteiger partial charge is 0.328 e. The van der Waals surface area contributed by atoms with Gasteiger partial charge in [0.1, 0.15) is 0 Å². The molecule has 138 valence electrons. The second kappa shape index (κ2) is 13.5. The van der Waals surface area contributed by atoms with Crippen LogP contribution in [0.25, 0.3) is 0 Å². The molecule has 2 aromatic carbocycles. The van der Waals surface area contributed by atoms with Gasteiger partial charge in [-0.05, 0) is 62.1 Å². The highest BCUT2D eigenvalue weighted by molar-refractivity contribution is 9.21. The van der Waals surface area contributed by atoms with Crippen LogP contribution in [0.15, 0.2) is 54.6 Å². The van der Waals surface area contributed by atoms with E-state index < -0.39 is 0 Å². The molecular formula is C21H30Br2N2. The van der Waals surface area contributed by atoms with Crippen molar-refractivity contribution in [2.45, 2.75) is 51.5 Å². The molecule has 2 nitrogen and oxygen atoms in total. The van der Waals surface area contributed by atoms with Crippen molar-refractivity contribution in [2.24, 2.45) is 5.73 Å². The summed E-state index contributed by atoms with van der Waals surface area (Å²) in [6.07, 6.45) is 6.93. The fourth-order valence-electron chi connectivity index (χ4n) is 2.80. The zero-order valence-corrected chi connectivity index (χ0v) is 18.5. The second-order valence-corrected chi connectivity index (χ2v) is 9.44. The molecular weight excluding hydrogens is 440 g/mol. The highest BCUT2D eigenvalue weighted by Gasteiger charge is 2.04. The molecule has 2 rings (SSSR count).